The maximum atomic E-state index is 13.3. The molecule has 1 amide bonds. The Kier molecular flexibility index (Phi) is 5.24. The molecule has 2 fully saturated rings. The number of nitrogens with zero attached hydrogens (tertiary/aromatic N) is 2. The van der Waals surface area contributed by atoms with E-state index >= 15 is 0 Å². The lowest BCUT2D eigenvalue weighted by Crippen LogP contribution is -2.60. The number of amides is 1. The summed E-state index contributed by atoms with van der Waals surface area (Å²) in [6.07, 6.45) is -2.14. The molecule has 1 saturated carbocycles. The summed E-state index contributed by atoms with van der Waals surface area (Å²) >= 11 is 5.75. The topological polar surface area (TPSA) is 90.0 Å². The minimum Gasteiger partial charge on any atom is -0.390 e. The summed E-state index contributed by atoms with van der Waals surface area (Å²) in [7, 11) is 0. The van der Waals surface area contributed by atoms with E-state index in [9.17, 15) is 19.4 Å². The van der Waals surface area contributed by atoms with Crippen LogP contribution in [0.4, 0.5) is 10.1 Å². The number of fused-ring (bicyclic) bond motifs is 1. The van der Waals surface area contributed by atoms with Crippen LogP contribution in [-0.4, -0.2) is 50.4 Å². The lowest BCUT2D eigenvalue weighted by molar-refractivity contribution is -0.129. The highest BCUT2D eigenvalue weighted by molar-refractivity contribution is 7.80. The summed E-state index contributed by atoms with van der Waals surface area (Å²) in [5.74, 6) is -1.57. The van der Waals surface area contributed by atoms with Gasteiger partial charge in [0.2, 0.25) is 5.91 Å². The van der Waals surface area contributed by atoms with Crippen molar-refractivity contribution in [2.75, 3.05) is 4.90 Å². The highest BCUT2D eigenvalue weighted by Crippen LogP contribution is 2.41. The van der Waals surface area contributed by atoms with Gasteiger partial charge in [-0.15, -0.1) is 0 Å². The van der Waals surface area contributed by atoms with Gasteiger partial charge in [0.25, 0.3) is 0 Å². The fourth-order valence-corrected chi connectivity index (χ4v) is 4.83. The van der Waals surface area contributed by atoms with Gasteiger partial charge in [-0.1, -0.05) is 30.3 Å². The molecule has 1 heterocycles. The number of carbonyl (C=O) groups excluding carboxylic acids is 1. The predicted molar refractivity (Wildman–Crippen MR) is 110 cm³/mol. The second-order valence-electron chi connectivity index (χ2n) is 7.53. The molecule has 1 aliphatic heterocycles. The fraction of sp³-hybridized carbons (Fsp3) is 0.333. The van der Waals surface area contributed by atoms with Gasteiger partial charge in [0, 0.05) is 12.2 Å². The van der Waals surface area contributed by atoms with Gasteiger partial charge in [-0.3, -0.25) is 4.79 Å². The average Bonchev–Trinajstić information content (AvgIpc) is 2.99. The number of para-hydroxylation sites is 1. The maximum Gasteiger partial charge on any atom is 0.222 e. The van der Waals surface area contributed by atoms with Crippen molar-refractivity contribution in [2.24, 2.45) is 11.7 Å². The summed E-state index contributed by atoms with van der Waals surface area (Å²) in [6, 6.07) is 14.2. The molecule has 2 aromatic rings. The van der Waals surface area contributed by atoms with Crippen molar-refractivity contribution in [3.8, 4) is 0 Å². The summed E-state index contributed by atoms with van der Waals surface area (Å²) < 4.78 is 13.3. The minimum absolute atomic E-state index is 0.0635. The number of aliphatic hydroxyl groups excluding tert-OH is 2. The first-order valence-electron chi connectivity index (χ1n) is 9.43. The van der Waals surface area contributed by atoms with Crippen LogP contribution in [0.2, 0.25) is 0 Å². The van der Waals surface area contributed by atoms with Gasteiger partial charge in [-0.05, 0) is 48.5 Å². The zero-order valence-corrected chi connectivity index (χ0v) is 16.4. The van der Waals surface area contributed by atoms with Crippen molar-refractivity contribution < 1.29 is 19.4 Å². The lowest BCUT2D eigenvalue weighted by atomic mass is 9.76. The average molecular weight is 415 g/mol. The summed E-state index contributed by atoms with van der Waals surface area (Å²) in [5, 5.41) is 21.7. The number of nitrogens with two attached hydrogens (primary N) is 1. The smallest absolute Gasteiger partial charge is 0.222 e. The van der Waals surface area contributed by atoms with Crippen LogP contribution in [-0.2, 0) is 11.3 Å². The number of rotatable bonds is 4. The van der Waals surface area contributed by atoms with Gasteiger partial charge in [-0.2, -0.15) is 0 Å². The Morgan fingerprint density at radius 1 is 1.10 bits per heavy atom. The molecule has 6 nitrogen and oxygen atoms in total. The van der Waals surface area contributed by atoms with Crippen LogP contribution in [0.25, 0.3) is 0 Å². The van der Waals surface area contributed by atoms with Gasteiger partial charge in [0.05, 0.1) is 24.1 Å². The number of hydrogen-bond donors (Lipinski definition) is 3. The minimum atomic E-state index is -1.11. The lowest BCUT2D eigenvalue weighted by Gasteiger charge is -2.42. The van der Waals surface area contributed by atoms with E-state index < -0.39 is 36.1 Å². The monoisotopic (exact) mass is 415 g/mol. The van der Waals surface area contributed by atoms with Crippen LogP contribution in [0.3, 0.4) is 0 Å². The molecular weight excluding hydrogens is 393 g/mol. The molecule has 0 bridgehead atoms. The highest BCUT2D eigenvalue weighted by atomic mass is 32.1. The van der Waals surface area contributed by atoms with Gasteiger partial charge in [0.1, 0.15) is 11.9 Å². The van der Waals surface area contributed by atoms with Crippen molar-refractivity contribution in [1.29, 1.82) is 0 Å². The number of aliphatic hydroxyl groups is 2. The summed E-state index contributed by atoms with van der Waals surface area (Å²) in [5.41, 5.74) is 7.25. The van der Waals surface area contributed by atoms with Gasteiger partial charge < -0.3 is 25.7 Å². The Labute approximate surface area is 173 Å². The number of benzene rings is 2. The molecular formula is C21H22FN3O3S. The SMILES string of the molecule is NC(=O)C1CC(O)C(O)C2C1N(c1ccccc1)C(=S)N2Cc1ccc(F)cc1. The Bertz CT molecular complexity index is 911. The van der Waals surface area contributed by atoms with Crippen molar-refractivity contribution in [2.45, 2.75) is 37.3 Å². The molecule has 0 radical (unpaired) electrons. The highest BCUT2D eigenvalue weighted by Gasteiger charge is 2.56. The second-order valence-corrected chi connectivity index (χ2v) is 7.89. The number of anilines is 1. The molecule has 152 valence electrons. The van der Waals surface area contributed by atoms with E-state index in [1.54, 1.807) is 17.0 Å². The molecule has 1 saturated heterocycles. The summed E-state index contributed by atoms with van der Waals surface area (Å²) in [4.78, 5) is 15.9. The molecule has 1 aliphatic carbocycles. The van der Waals surface area contributed by atoms with Gasteiger partial charge in [-0.25, -0.2) is 4.39 Å². The van der Waals surface area contributed by atoms with Crippen LogP contribution >= 0.6 is 12.2 Å². The van der Waals surface area contributed by atoms with E-state index in [4.69, 9.17) is 18.0 Å². The standard InChI is InChI=1S/C21H22FN3O3S/c22-13-8-6-12(7-9-13)11-24-18-17(15(20(23)28)10-16(26)19(18)27)25(21(24)29)14-4-2-1-3-5-14/h1-9,15-19,26-27H,10-11H2,(H2,23,28). The third-order valence-electron chi connectivity index (χ3n) is 5.78. The third kappa shape index (κ3) is 3.48. The van der Waals surface area contributed by atoms with Crippen LogP contribution in [0, 0.1) is 11.7 Å². The largest absolute Gasteiger partial charge is 0.390 e. The van der Waals surface area contributed by atoms with E-state index in [0.29, 0.717) is 11.7 Å². The van der Waals surface area contributed by atoms with Crippen molar-refractivity contribution in [3.05, 3.63) is 66.0 Å². The van der Waals surface area contributed by atoms with E-state index in [2.05, 4.69) is 0 Å². The number of hydrogen-bond acceptors (Lipinski definition) is 4. The molecule has 0 spiro atoms. The van der Waals surface area contributed by atoms with E-state index in [1.165, 1.54) is 12.1 Å². The number of primary amides is 1. The first-order chi connectivity index (χ1) is 13.9. The first kappa shape index (κ1) is 19.8. The van der Waals surface area contributed by atoms with Crippen molar-refractivity contribution in [3.63, 3.8) is 0 Å². The molecule has 4 N–H and O–H groups in total. The van der Waals surface area contributed by atoms with Gasteiger partial charge >= 0.3 is 0 Å². The molecule has 5 atom stereocenters. The quantitative estimate of drug-likeness (QED) is 0.654. The zero-order chi connectivity index (χ0) is 20.7. The molecule has 29 heavy (non-hydrogen) atoms. The van der Waals surface area contributed by atoms with Gasteiger partial charge in [0.15, 0.2) is 5.11 Å². The van der Waals surface area contributed by atoms with E-state index in [-0.39, 0.29) is 12.2 Å². The molecule has 8 heteroatoms. The molecule has 4 rings (SSSR count). The first-order valence-corrected chi connectivity index (χ1v) is 9.84. The van der Waals surface area contributed by atoms with Crippen LogP contribution in [0.15, 0.2) is 54.6 Å². The van der Waals surface area contributed by atoms with E-state index in [0.717, 1.165) is 11.3 Å². The van der Waals surface area contributed by atoms with E-state index in [1.807, 2.05) is 35.2 Å². The van der Waals surface area contributed by atoms with Crippen LogP contribution in [0.1, 0.15) is 12.0 Å². The molecule has 5 unspecified atom stereocenters. The second kappa shape index (κ2) is 7.70. The number of halogens is 1. The maximum absolute atomic E-state index is 13.3. The summed E-state index contributed by atoms with van der Waals surface area (Å²) in [6.45, 7) is 0.304. The van der Waals surface area contributed by atoms with Crippen LogP contribution in [0.5, 0.6) is 0 Å². The Balaban J connectivity index is 1.78. The van der Waals surface area contributed by atoms with Crippen LogP contribution < -0.4 is 10.6 Å². The molecule has 2 aromatic carbocycles. The van der Waals surface area contributed by atoms with Crippen molar-refractivity contribution >= 4 is 28.9 Å². The fourth-order valence-electron chi connectivity index (χ4n) is 4.42. The Hall–Kier alpha value is -2.55. The number of thiocarbonyl (C=S) groups is 1. The molecule has 0 aromatic heterocycles. The predicted octanol–water partition coefficient (Wildman–Crippen LogP) is 1.40. The number of carbonyl (C=O) groups is 1. The molecule has 2 aliphatic rings. The van der Waals surface area contributed by atoms with Crippen molar-refractivity contribution in [1.82, 2.24) is 4.90 Å². The normalized spacial score (nSPS) is 29.1. The Morgan fingerprint density at radius 2 is 1.76 bits per heavy atom. The third-order valence-corrected chi connectivity index (χ3v) is 6.21. The Morgan fingerprint density at radius 3 is 2.38 bits per heavy atom. The zero-order valence-electron chi connectivity index (χ0n) is 15.6.